The molecule has 0 amide bonds. The number of allylic oxidation sites excluding steroid dienone is 1. The van der Waals surface area contributed by atoms with Crippen LogP contribution in [0.15, 0.2) is 182 Å². The van der Waals surface area contributed by atoms with Gasteiger partial charge in [-0.1, -0.05) is 159 Å². The molecule has 0 atom stereocenters. The second-order valence-corrected chi connectivity index (χ2v) is 18.6. The van der Waals surface area contributed by atoms with Crippen LogP contribution in [0.3, 0.4) is 0 Å². The lowest BCUT2D eigenvalue weighted by Crippen LogP contribution is -2.78. The van der Waals surface area contributed by atoms with E-state index in [4.69, 9.17) is 0 Å². The third kappa shape index (κ3) is 3.58. The van der Waals surface area contributed by atoms with Gasteiger partial charge in [-0.05, 0) is 78.6 Å². The number of rotatable bonds is 3. The van der Waals surface area contributed by atoms with E-state index in [0.717, 1.165) is 0 Å². The van der Waals surface area contributed by atoms with Crippen molar-refractivity contribution in [3.05, 3.63) is 193 Å². The Bertz CT molecular complexity index is 2540. The summed E-state index contributed by atoms with van der Waals surface area (Å²) in [6.45, 7) is 4.94. The Hall–Kier alpha value is -5.84. The van der Waals surface area contributed by atoms with Gasteiger partial charge < -0.3 is 9.80 Å². The molecule has 0 fully saturated rings. The van der Waals surface area contributed by atoms with E-state index in [1.807, 2.05) is 0 Å². The summed E-state index contributed by atoms with van der Waals surface area (Å²) in [7, 11) is -2.76. The molecule has 7 aromatic carbocycles. The summed E-state index contributed by atoms with van der Waals surface area (Å²) in [4.78, 5) is 5.22. The van der Waals surface area contributed by atoms with Gasteiger partial charge in [0.05, 0.1) is 0 Å². The van der Waals surface area contributed by atoms with E-state index in [1.165, 1.54) is 82.4 Å². The van der Waals surface area contributed by atoms with Gasteiger partial charge in [0.25, 0.3) is 6.71 Å². The number of hydrogen-bond acceptors (Lipinski definition) is 2. The van der Waals surface area contributed by atoms with Gasteiger partial charge in [0.15, 0.2) is 8.07 Å². The average Bonchev–Trinajstić information content (AvgIpc) is 3.43. The summed E-state index contributed by atoms with van der Waals surface area (Å²) in [5, 5.41) is 5.74. The van der Waals surface area contributed by atoms with E-state index in [9.17, 15) is 0 Å². The summed E-state index contributed by atoms with van der Waals surface area (Å²) in [5.41, 5.74) is 14.6. The number of benzene rings is 7. The third-order valence-corrected chi connectivity index (χ3v) is 16.9. The van der Waals surface area contributed by atoms with E-state index < -0.39 is 8.07 Å². The molecule has 240 valence electrons. The van der Waals surface area contributed by atoms with Crippen molar-refractivity contribution in [2.75, 3.05) is 9.80 Å². The van der Waals surface area contributed by atoms with Crippen LogP contribution in [0.1, 0.15) is 25.0 Å². The Morgan fingerprint density at radius 2 is 1.04 bits per heavy atom. The maximum absolute atomic E-state index is 2.76. The van der Waals surface area contributed by atoms with Crippen LogP contribution in [0, 0.1) is 0 Å². The number of hydrogen-bond donors (Lipinski definition) is 0. The Morgan fingerprint density at radius 3 is 1.76 bits per heavy atom. The quantitative estimate of drug-likeness (QED) is 0.185. The highest BCUT2D eigenvalue weighted by Gasteiger charge is 2.56. The van der Waals surface area contributed by atoms with Crippen LogP contribution in [0.2, 0.25) is 0 Å². The number of fused-ring (bicyclic) bond motifs is 7. The van der Waals surface area contributed by atoms with E-state index >= 15 is 0 Å². The number of nitrogens with zero attached hydrogens (tertiary/aromatic N) is 2. The standard InChI is InChI=1S/C47H35BN2Si/c1-47(2)36-25-13-12-24-35(36)43-46(47)49(32-18-6-3-7-19-32)39-28-17-29-40-44(39)48(43)37-26-16-31-42-45(37)50(40)38-27-14-15-30-41(38)51(42,33-20-8-4-9-21-33)34-22-10-5-11-23-34/h3-31H,1-2H3. The van der Waals surface area contributed by atoms with Gasteiger partial charge in [0.2, 0.25) is 0 Å². The molecule has 0 aromatic heterocycles. The topological polar surface area (TPSA) is 6.48 Å². The number of para-hydroxylation sites is 3. The predicted octanol–water partition coefficient (Wildman–Crippen LogP) is 7.16. The van der Waals surface area contributed by atoms with Crippen LogP contribution in [0.25, 0.3) is 5.47 Å². The average molecular weight is 667 g/mol. The molecule has 2 nitrogen and oxygen atoms in total. The molecule has 0 unspecified atom stereocenters. The zero-order chi connectivity index (χ0) is 33.9. The van der Waals surface area contributed by atoms with Crippen molar-refractivity contribution in [3.63, 3.8) is 0 Å². The second-order valence-electron chi connectivity index (χ2n) is 14.8. The summed E-state index contributed by atoms with van der Waals surface area (Å²) in [6.07, 6.45) is 0. The Balaban J connectivity index is 1.31. The fourth-order valence-corrected chi connectivity index (χ4v) is 15.3. The highest BCUT2D eigenvalue weighted by atomic mass is 28.3. The van der Waals surface area contributed by atoms with Crippen molar-refractivity contribution in [3.8, 4) is 0 Å². The molecule has 7 aromatic rings. The van der Waals surface area contributed by atoms with Crippen LogP contribution in [-0.2, 0) is 5.41 Å². The fraction of sp³-hybridized carbons (Fsp3) is 0.0638. The molecule has 0 saturated heterocycles. The minimum Gasteiger partial charge on any atom is -0.314 e. The molecule has 4 heteroatoms. The molecule has 0 spiro atoms. The minimum absolute atomic E-state index is 0.0868. The zero-order valence-corrected chi connectivity index (χ0v) is 29.7. The largest absolute Gasteiger partial charge is 0.314 e. The third-order valence-electron chi connectivity index (χ3n) is 12.1. The molecule has 51 heavy (non-hydrogen) atoms. The first-order valence-corrected chi connectivity index (χ1v) is 20.1. The van der Waals surface area contributed by atoms with Crippen molar-refractivity contribution in [1.29, 1.82) is 0 Å². The normalized spacial score (nSPS) is 16.5. The predicted molar refractivity (Wildman–Crippen MR) is 218 cm³/mol. The molecule has 3 aliphatic heterocycles. The lowest BCUT2D eigenvalue weighted by atomic mass is 9.32. The van der Waals surface area contributed by atoms with Crippen LogP contribution >= 0.6 is 0 Å². The maximum Gasteiger partial charge on any atom is 0.252 e. The molecule has 0 bridgehead atoms. The van der Waals surface area contributed by atoms with Gasteiger partial charge in [-0.15, -0.1) is 0 Å². The zero-order valence-electron chi connectivity index (χ0n) is 28.7. The first-order chi connectivity index (χ1) is 25.1. The van der Waals surface area contributed by atoms with Gasteiger partial charge in [-0.3, -0.25) is 0 Å². The molecular formula is C47H35BN2Si. The minimum atomic E-state index is -2.76. The van der Waals surface area contributed by atoms with E-state index in [0.29, 0.717) is 0 Å². The highest BCUT2D eigenvalue weighted by Crippen LogP contribution is 2.55. The van der Waals surface area contributed by atoms with Crippen LogP contribution in [0.4, 0.5) is 28.4 Å². The van der Waals surface area contributed by atoms with Crippen molar-refractivity contribution < 1.29 is 0 Å². The molecule has 0 N–H and O–H groups in total. The summed E-state index contributed by atoms with van der Waals surface area (Å²) >= 11 is 0. The molecule has 11 rings (SSSR count). The molecule has 4 aliphatic rings. The molecule has 0 saturated carbocycles. The fourth-order valence-electron chi connectivity index (χ4n) is 10.2. The monoisotopic (exact) mass is 666 g/mol. The maximum atomic E-state index is 2.63. The highest BCUT2D eigenvalue weighted by molar-refractivity contribution is 7.22. The molecular weight excluding hydrogens is 631 g/mol. The Morgan fingerprint density at radius 1 is 0.490 bits per heavy atom. The second kappa shape index (κ2) is 10.3. The van der Waals surface area contributed by atoms with Gasteiger partial charge in [-0.25, -0.2) is 0 Å². The van der Waals surface area contributed by atoms with Crippen LogP contribution < -0.4 is 41.5 Å². The summed E-state index contributed by atoms with van der Waals surface area (Å²) in [6, 6.07) is 66.5. The van der Waals surface area contributed by atoms with Gasteiger partial charge >= 0.3 is 0 Å². The summed E-state index contributed by atoms with van der Waals surface area (Å²) in [5.74, 6) is 0. The first kappa shape index (κ1) is 28.9. The molecule has 1 aliphatic carbocycles. The van der Waals surface area contributed by atoms with Crippen molar-refractivity contribution in [2.24, 2.45) is 0 Å². The summed E-state index contributed by atoms with van der Waals surface area (Å²) < 4.78 is 0. The Kier molecular flexibility index (Phi) is 5.87. The van der Waals surface area contributed by atoms with Crippen LogP contribution in [-0.4, -0.2) is 14.8 Å². The first-order valence-electron chi connectivity index (χ1n) is 18.1. The molecule has 0 radical (unpaired) electrons. The van der Waals surface area contributed by atoms with E-state index in [1.54, 1.807) is 0 Å². The van der Waals surface area contributed by atoms with Crippen molar-refractivity contribution >= 4 is 80.4 Å². The number of anilines is 5. The van der Waals surface area contributed by atoms with E-state index in [2.05, 4.69) is 200 Å². The van der Waals surface area contributed by atoms with Gasteiger partial charge in [0.1, 0.15) is 0 Å². The lowest BCUT2D eigenvalue weighted by Gasteiger charge is -2.51. The van der Waals surface area contributed by atoms with E-state index in [-0.39, 0.29) is 12.1 Å². The van der Waals surface area contributed by atoms with Crippen LogP contribution in [0.5, 0.6) is 0 Å². The van der Waals surface area contributed by atoms with Gasteiger partial charge in [0, 0.05) is 39.5 Å². The smallest absolute Gasteiger partial charge is 0.252 e. The lowest BCUT2D eigenvalue weighted by molar-refractivity contribution is 0.626. The SMILES string of the molecule is CC1(C)C2=C(B3c4cccc5c4N(c4ccccc4[Si]5(c4ccccc4)c4ccccc4)c4cccc(c43)N2c2ccccc2)c2ccccc21. The van der Waals surface area contributed by atoms with Crippen molar-refractivity contribution in [2.45, 2.75) is 19.3 Å². The van der Waals surface area contributed by atoms with Gasteiger partial charge in [-0.2, -0.15) is 0 Å². The molecule has 3 heterocycles. The Labute approximate surface area is 301 Å². The van der Waals surface area contributed by atoms with Crippen molar-refractivity contribution in [1.82, 2.24) is 0 Å².